The number of carbonyl (C=O) groups excluding carboxylic acids is 1. The number of hydrogen-bond acceptors (Lipinski definition) is 11. The number of esters is 1. The lowest BCUT2D eigenvalue weighted by Crippen LogP contribution is -2.38. The van der Waals surface area contributed by atoms with Gasteiger partial charge in [-0.15, -0.1) is 0 Å². The van der Waals surface area contributed by atoms with E-state index in [2.05, 4.69) is 16.9 Å². The predicted octanol–water partition coefficient (Wildman–Crippen LogP) is 1.09. The number of carbonyl (C=O) groups is 1. The third-order valence-corrected chi connectivity index (χ3v) is 5.64. The maximum Gasteiger partial charge on any atom is 0.305 e. The maximum absolute atomic E-state index is 11.8. The summed E-state index contributed by atoms with van der Waals surface area (Å²) in [6.45, 7) is 2.89. The average molecular weight is 457 g/mol. The second kappa shape index (κ2) is 13.0. The molecule has 32 heavy (non-hydrogen) atoms. The molecule has 2 fully saturated rings. The van der Waals surface area contributed by atoms with E-state index in [1.54, 1.807) is 4.90 Å². The second-order valence-corrected chi connectivity index (χ2v) is 8.26. The number of guanidine groups is 1. The van der Waals surface area contributed by atoms with Crippen molar-refractivity contribution in [1.82, 2.24) is 4.90 Å². The molecule has 0 spiro atoms. The third-order valence-electron chi connectivity index (χ3n) is 5.64. The Morgan fingerprint density at radius 2 is 2.19 bits per heavy atom. The fraction of sp³-hybridized carbons (Fsp3) is 0.857. The van der Waals surface area contributed by atoms with Crippen molar-refractivity contribution in [3.05, 3.63) is 0 Å². The van der Waals surface area contributed by atoms with Gasteiger partial charge in [0, 0.05) is 12.8 Å². The molecule has 0 radical (unpaired) electrons. The lowest BCUT2D eigenvalue weighted by Gasteiger charge is -2.31. The van der Waals surface area contributed by atoms with Gasteiger partial charge in [0.05, 0.1) is 25.2 Å². The van der Waals surface area contributed by atoms with Crippen LogP contribution in [0.1, 0.15) is 58.3 Å². The Hall–Kier alpha value is -1.79. The average Bonchev–Trinajstić information content (AvgIpc) is 3.14. The molecule has 0 aromatic rings. The van der Waals surface area contributed by atoms with E-state index in [1.165, 1.54) is 6.34 Å². The van der Waals surface area contributed by atoms with Crippen LogP contribution in [-0.2, 0) is 28.5 Å². The van der Waals surface area contributed by atoms with E-state index in [4.69, 9.17) is 29.4 Å². The van der Waals surface area contributed by atoms with E-state index in [0.717, 1.165) is 38.5 Å². The van der Waals surface area contributed by atoms with Gasteiger partial charge in [0.2, 0.25) is 5.96 Å². The molecular formula is C21H36N4O7. The van der Waals surface area contributed by atoms with Crippen LogP contribution in [0.5, 0.6) is 0 Å². The lowest BCUT2D eigenvalue weighted by molar-refractivity contribution is -0.219. The van der Waals surface area contributed by atoms with Gasteiger partial charge >= 0.3 is 5.97 Å². The minimum absolute atomic E-state index is 0.121. The highest BCUT2D eigenvalue weighted by atomic mass is 16.7. The summed E-state index contributed by atoms with van der Waals surface area (Å²) in [5.41, 5.74) is 5.62. The van der Waals surface area contributed by atoms with Crippen LogP contribution in [-0.4, -0.2) is 85.8 Å². The van der Waals surface area contributed by atoms with Gasteiger partial charge in [-0.2, -0.15) is 0 Å². The maximum atomic E-state index is 11.8. The smallest absolute Gasteiger partial charge is 0.305 e. The summed E-state index contributed by atoms with van der Waals surface area (Å²) in [6.07, 6.45) is 5.63. The largest absolute Gasteiger partial charge is 0.463 e. The van der Waals surface area contributed by atoms with Crippen molar-refractivity contribution in [2.45, 2.75) is 89.1 Å². The number of ether oxygens (including phenoxy) is 5. The second-order valence-electron chi connectivity index (χ2n) is 8.26. The molecule has 0 bridgehead atoms. The Morgan fingerprint density at radius 3 is 3.03 bits per heavy atom. The van der Waals surface area contributed by atoms with E-state index >= 15 is 0 Å². The number of aliphatic imine (C=N–C) groups is 2. The van der Waals surface area contributed by atoms with Crippen LogP contribution in [0.2, 0.25) is 0 Å². The topological polar surface area (TPSA) is 137 Å². The van der Waals surface area contributed by atoms with Crippen molar-refractivity contribution >= 4 is 18.3 Å². The van der Waals surface area contributed by atoms with Gasteiger partial charge in [-0.25, -0.2) is 9.98 Å². The van der Waals surface area contributed by atoms with E-state index in [0.29, 0.717) is 12.8 Å². The lowest BCUT2D eigenvalue weighted by atomic mass is 10.1. The molecule has 0 saturated carbocycles. The Balaban J connectivity index is 1.38. The molecule has 0 amide bonds. The van der Waals surface area contributed by atoms with Gasteiger partial charge in [0.25, 0.3) is 0 Å². The molecule has 0 aromatic heterocycles. The molecular weight excluding hydrogens is 420 g/mol. The molecule has 2 saturated heterocycles. The van der Waals surface area contributed by atoms with Gasteiger partial charge in [0.1, 0.15) is 32.4 Å². The minimum atomic E-state index is -0.687. The van der Waals surface area contributed by atoms with Gasteiger partial charge in [0.15, 0.2) is 6.29 Å². The fourth-order valence-electron chi connectivity index (χ4n) is 3.78. The van der Waals surface area contributed by atoms with E-state index in [1.807, 2.05) is 0 Å². The molecule has 182 valence electrons. The van der Waals surface area contributed by atoms with Crippen molar-refractivity contribution < 1.29 is 33.6 Å². The van der Waals surface area contributed by atoms with Crippen molar-refractivity contribution in [1.29, 1.82) is 0 Å². The van der Waals surface area contributed by atoms with Crippen molar-refractivity contribution in [2.24, 2.45) is 15.7 Å². The van der Waals surface area contributed by atoms with Gasteiger partial charge in [-0.3, -0.25) is 4.79 Å². The molecule has 3 rings (SSSR count). The molecule has 3 aliphatic heterocycles. The van der Waals surface area contributed by atoms with E-state index in [-0.39, 0.29) is 44.7 Å². The molecule has 11 heteroatoms. The summed E-state index contributed by atoms with van der Waals surface area (Å²) >= 11 is 0. The normalized spacial score (nSPS) is 33.8. The van der Waals surface area contributed by atoms with Crippen LogP contribution >= 0.6 is 0 Å². The van der Waals surface area contributed by atoms with Crippen molar-refractivity contribution in [2.75, 3.05) is 26.7 Å². The summed E-state index contributed by atoms with van der Waals surface area (Å²) in [5.74, 6) is -0.0489. The van der Waals surface area contributed by atoms with Crippen LogP contribution in [0.25, 0.3) is 0 Å². The summed E-state index contributed by atoms with van der Waals surface area (Å²) < 4.78 is 28.5. The molecule has 5 atom stereocenters. The van der Waals surface area contributed by atoms with Gasteiger partial charge in [-0.1, -0.05) is 19.8 Å². The molecule has 5 unspecified atom stereocenters. The summed E-state index contributed by atoms with van der Waals surface area (Å²) in [5, 5.41) is 10.4. The van der Waals surface area contributed by atoms with Gasteiger partial charge in [-0.05, 0) is 25.7 Å². The summed E-state index contributed by atoms with van der Waals surface area (Å²) in [6, 6.07) is 0. The SMILES string of the molecule is CCCCCC(=O)OCC1CCCC(OCC2OC(N3/C=N\C(N)=N/COC3)CC2O)O1. The van der Waals surface area contributed by atoms with E-state index < -0.39 is 24.7 Å². The van der Waals surface area contributed by atoms with Gasteiger partial charge < -0.3 is 39.4 Å². The first kappa shape index (κ1) is 24.8. The molecule has 0 aromatic carbocycles. The quantitative estimate of drug-likeness (QED) is 0.365. The van der Waals surface area contributed by atoms with Crippen molar-refractivity contribution in [3.63, 3.8) is 0 Å². The Morgan fingerprint density at radius 1 is 1.31 bits per heavy atom. The summed E-state index contributed by atoms with van der Waals surface area (Å²) in [4.78, 5) is 21.5. The van der Waals surface area contributed by atoms with Crippen LogP contribution in [0.15, 0.2) is 9.98 Å². The zero-order valence-electron chi connectivity index (χ0n) is 18.8. The van der Waals surface area contributed by atoms with Crippen LogP contribution in [0, 0.1) is 0 Å². The molecule has 11 nitrogen and oxygen atoms in total. The first-order valence-electron chi connectivity index (χ1n) is 11.5. The monoisotopic (exact) mass is 456 g/mol. The number of nitrogens with two attached hydrogens (primary N) is 1. The number of unbranched alkanes of at least 4 members (excludes halogenated alkanes) is 2. The number of hydrogen-bond donors (Lipinski definition) is 2. The van der Waals surface area contributed by atoms with E-state index in [9.17, 15) is 9.90 Å². The van der Waals surface area contributed by atoms with Crippen LogP contribution < -0.4 is 5.73 Å². The fourth-order valence-corrected chi connectivity index (χ4v) is 3.78. The Kier molecular flexibility index (Phi) is 10.1. The standard InChI is InChI=1S/C21H36N4O7/c1-2-3-4-7-19(27)29-10-15-6-5-8-20(31-15)30-11-17-16(26)9-18(32-17)25-12-23-21(22)24-13-28-14-25/h12,15-18,20,26H,2-11,13-14H2,1H3,(H2,22,24)/b23-12-. The zero-order chi connectivity index (χ0) is 22.8. The highest BCUT2D eigenvalue weighted by molar-refractivity contribution is 5.85. The highest BCUT2D eigenvalue weighted by Crippen LogP contribution is 2.26. The number of rotatable bonds is 10. The molecule has 3 heterocycles. The van der Waals surface area contributed by atoms with Crippen molar-refractivity contribution in [3.8, 4) is 0 Å². The Labute approximate surface area is 188 Å². The molecule has 0 aliphatic carbocycles. The van der Waals surface area contributed by atoms with Crippen LogP contribution in [0.4, 0.5) is 0 Å². The first-order valence-corrected chi connectivity index (χ1v) is 11.5. The highest BCUT2D eigenvalue weighted by Gasteiger charge is 2.38. The number of aliphatic hydroxyl groups is 1. The molecule has 3 aliphatic rings. The summed E-state index contributed by atoms with van der Waals surface area (Å²) in [7, 11) is 0. The zero-order valence-corrected chi connectivity index (χ0v) is 18.8. The first-order chi connectivity index (χ1) is 15.5. The van der Waals surface area contributed by atoms with Crippen LogP contribution in [0.3, 0.4) is 0 Å². The minimum Gasteiger partial charge on any atom is -0.463 e. The third kappa shape index (κ3) is 7.96. The predicted molar refractivity (Wildman–Crippen MR) is 116 cm³/mol. The Bertz CT molecular complexity index is 648. The number of nitrogens with zero attached hydrogens (tertiary/aromatic N) is 3. The number of aliphatic hydroxyl groups excluding tert-OH is 1. The molecule has 3 N–H and O–H groups in total.